The molecule has 0 saturated carbocycles. The Morgan fingerprint density at radius 1 is 1.13 bits per heavy atom. The SMILES string of the molecule is CCc1ccc(OCCC(=O)N2CCC3(CC2)CC(=O)c2cc(C)ccc2O3)cc1. The van der Waals surface area contributed by atoms with Crippen LogP contribution in [0.15, 0.2) is 42.5 Å². The van der Waals surface area contributed by atoms with Gasteiger partial charge < -0.3 is 14.4 Å². The van der Waals surface area contributed by atoms with Gasteiger partial charge in [0.15, 0.2) is 5.78 Å². The monoisotopic (exact) mass is 407 g/mol. The first-order valence-corrected chi connectivity index (χ1v) is 10.8. The van der Waals surface area contributed by atoms with Crippen LogP contribution in [0.2, 0.25) is 0 Å². The van der Waals surface area contributed by atoms with E-state index in [0.717, 1.165) is 17.7 Å². The summed E-state index contributed by atoms with van der Waals surface area (Å²) in [4.78, 5) is 27.1. The summed E-state index contributed by atoms with van der Waals surface area (Å²) in [6.45, 7) is 5.68. The zero-order valence-electron chi connectivity index (χ0n) is 17.8. The number of nitrogens with zero attached hydrogens (tertiary/aromatic N) is 1. The number of carbonyl (C=O) groups excluding carboxylic acids is 2. The van der Waals surface area contributed by atoms with E-state index >= 15 is 0 Å². The Kier molecular flexibility index (Phi) is 5.80. The Balaban J connectivity index is 1.28. The van der Waals surface area contributed by atoms with E-state index in [9.17, 15) is 9.59 Å². The molecule has 2 aromatic rings. The Labute approximate surface area is 178 Å². The molecular formula is C25H29NO4. The van der Waals surface area contributed by atoms with Crippen LogP contribution in [0.3, 0.4) is 0 Å². The molecule has 4 rings (SSSR count). The largest absolute Gasteiger partial charge is 0.493 e. The molecule has 0 bridgehead atoms. The minimum Gasteiger partial charge on any atom is -0.493 e. The number of ether oxygens (including phenoxy) is 2. The first-order chi connectivity index (χ1) is 14.5. The molecule has 0 atom stereocenters. The van der Waals surface area contributed by atoms with Crippen LogP contribution in [0, 0.1) is 6.92 Å². The molecule has 0 radical (unpaired) electrons. The van der Waals surface area contributed by atoms with E-state index in [-0.39, 0.29) is 11.7 Å². The molecule has 5 nitrogen and oxygen atoms in total. The molecule has 2 aliphatic heterocycles. The van der Waals surface area contributed by atoms with Crippen LogP contribution in [0.5, 0.6) is 11.5 Å². The van der Waals surface area contributed by atoms with E-state index in [1.165, 1.54) is 5.56 Å². The molecule has 2 aliphatic rings. The highest BCUT2D eigenvalue weighted by molar-refractivity contribution is 6.00. The maximum absolute atomic E-state index is 12.7. The molecule has 0 aromatic heterocycles. The van der Waals surface area contributed by atoms with Gasteiger partial charge in [0.05, 0.1) is 25.0 Å². The van der Waals surface area contributed by atoms with Gasteiger partial charge in [0, 0.05) is 25.9 Å². The van der Waals surface area contributed by atoms with Crippen molar-refractivity contribution in [1.82, 2.24) is 4.90 Å². The van der Waals surface area contributed by atoms with Gasteiger partial charge in [0.1, 0.15) is 17.1 Å². The summed E-state index contributed by atoms with van der Waals surface area (Å²) in [5.74, 6) is 1.70. The molecule has 1 amide bonds. The lowest BCUT2D eigenvalue weighted by Crippen LogP contribution is -2.52. The minimum atomic E-state index is -0.479. The fraction of sp³-hybridized carbons (Fsp3) is 0.440. The highest BCUT2D eigenvalue weighted by Crippen LogP contribution is 2.39. The van der Waals surface area contributed by atoms with E-state index < -0.39 is 5.60 Å². The van der Waals surface area contributed by atoms with Crippen LogP contribution in [-0.4, -0.2) is 41.9 Å². The molecule has 2 aromatic carbocycles. The van der Waals surface area contributed by atoms with Crippen molar-refractivity contribution < 1.29 is 19.1 Å². The van der Waals surface area contributed by atoms with Crippen molar-refractivity contribution in [2.24, 2.45) is 0 Å². The number of carbonyl (C=O) groups is 2. The molecule has 158 valence electrons. The van der Waals surface area contributed by atoms with Gasteiger partial charge in [-0.1, -0.05) is 30.7 Å². The van der Waals surface area contributed by atoms with E-state index in [0.29, 0.717) is 56.7 Å². The number of piperidine rings is 1. The van der Waals surface area contributed by atoms with Crippen molar-refractivity contribution >= 4 is 11.7 Å². The van der Waals surface area contributed by atoms with E-state index in [4.69, 9.17) is 9.47 Å². The third kappa shape index (κ3) is 4.35. The Morgan fingerprint density at radius 2 is 1.87 bits per heavy atom. The second kappa shape index (κ2) is 8.50. The summed E-state index contributed by atoms with van der Waals surface area (Å²) in [6.07, 6.45) is 3.09. The zero-order chi connectivity index (χ0) is 21.1. The molecule has 0 N–H and O–H groups in total. The standard InChI is InChI=1S/C25H29NO4/c1-3-19-5-7-20(8-6-19)29-15-10-24(28)26-13-11-25(12-14-26)17-22(27)21-16-18(2)4-9-23(21)30-25/h4-9,16H,3,10-15,17H2,1-2H3. The highest BCUT2D eigenvalue weighted by Gasteiger charge is 2.43. The maximum Gasteiger partial charge on any atom is 0.226 e. The number of amides is 1. The topological polar surface area (TPSA) is 55.8 Å². The van der Waals surface area contributed by atoms with Crippen molar-refractivity contribution in [1.29, 1.82) is 0 Å². The normalized spacial score (nSPS) is 17.4. The predicted octanol–water partition coefficient (Wildman–Crippen LogP) is 4.35. The van der Waals surface area contributed by atoms with Crippen molar-refractivity contribution in [2.75, 3.05) is 19.7 Å². The molecular weight excluding hydrogens is 378 g/mol. The summed E-state index contributed by atoms with van der Waals surface area (Å²) < 4.78 is 12.0. The van der Waals surface area contributed by atoms with Crippen LogP contribution < -0.4 is 9.47 Å². The number of aryl methyl sites for hydroxylation is 2. The summed E-state index contributed by atoms with van der Waals surface area (Å²) in [5.41, 5.74) is 2.53. The van der Waals surface area contributed by atoms with Gasteiger partial charge in [-0.05, 0) is 43.2 Å². The molecule has 1 fully saturated rings. The molecule has 0 aliphatic carbocycles. The summed E-state index contributed by atoms with van der Waals surface area (Å²) in [6, 6.07) is 13.8. The fourth-order valence-corrected chi connectivity index (χ4v) is 4.29. The van der Waals surface area contributed by atoms with Crippen molar-refractivity contribution in [3.05, 3.63) is 59.2 Å². The Hall–Kier alpha value is -2.82. The van der Waals surface area contributed by atoms with E-state index in [1.54, 1.807) is 0 Å². The van der Waals surface area contributed by atoms with Gasteiger partial charge >= 0.3 is 0 Å². The van der Waals surface area contributed by atoms with Gasteiger partial charge in [-0.2, -0.15) is 0 Å². The van der Waals surface area contributed by atoms with Crippen LogP contribution in [-0.2, 0) is 11.2 Å². The summed E-state index contributed by atoms with van der Waals surface area (Å²) in [5, 5.41) is 0. The fourth-order valence-electron chi connectivity index (χ4n) is 4.29. The van der Waals surface area contributed by atoms with Crippen LogP contribution in [0.25, 0.3) is 0 Å². The number of hydrogen-bond donors (Lipinski definition) is 0. The lowest BCUT2D eigenvalue weighted by Gasteiger charge is -2.44. The molecule has 1 spiro atoms. The molecule has 1 saturated heterocycles. The molecule has 2 heterocycles. The zero-order valence-corrected chi connectivity index (χ0v) is 17.8. The number of rotatable bonds is 5. The third-order valence-corrected chi connectivity index (χ3v) is 6.19. The Bertz CT molecular complexity index is 927. The average Bonchev–Trinajstić information content (AvgIpc) is 2.75. The van der Waals surface area contributed by atoms with E-state index in [1.807, 2.05) is 54.3 Å². The second-order valence-electron chi connectivity index (χ2n) is 8.36. The van der Waals surface area contributed by atoms with E-state index in [2.05, 4.69) is 6.92 Å². The lowest BCUT2D eigenvalue weighted by molar-refractivity contribution is -0.135. The number of fused-ring (bicyclic) bond motifs is 1. The van der Waals surface area contributed by atoms with Crippen molar-refractivity contribution in [3.63, 3.8) is 0 Å². The number of benzene rings is 2. The van der Waals surface area contributed by atoms with Gasteiger partial charge in [-0.15, -0.1) is 0 Å². The van der Waals surface area contributed by atoms with Gasteiger partial charge in [0.2, 0.25) is 5.91 Å². The quantitative estimate of drug-likeness (QED) is 0.739. The number of ketones is 1. The van der Waals surface area contributed by atoms with Crippen molar-refractivity contribution in [3.8, 4) is 11.5 Å². The molecule has 0 unspecified atom stereocenters. The average molecular weight is 408 g/mol. The first-order valence-electron chi connectivity index (χ1n) is 10.8. The Morgan fingerprint density at radius 3 is 2.57 bits per heavy atom. The smallest absolute Gasteiger partial charge is 0.226 e. The van der Waals surface area contributed by atoms with Crippen LogP contribution in [0.4, 0.5) is 0 Å². The lowest BCUT2D eigenvalue weighted by atomic mass is 9.82. The van der Waals surface area contributed by atoms with Gasteiger partial charge in [-0.25, -0.2) is 0 Å². The minimum absolute atomic E-state index is 0.0909. The molecule has 5 heteroatoms. The maximum atomic E-state index is 12.7. The summed E-state index contributed by atoms with van der Waals surface area (Å²) >= 11 is 0. The second-order valence-corrected chi connectivity index (χ2v) is 8.36. The highest BCUT2D eigenvalue weighted by atomic mass is 16.5. The van der Waals surface area contributed by atoms with Gasteiger partial charge in [-0.3, -0.25) is 9.59 Å². The van der Waals surface area contributed by atoms with Crippen LogP contribution in [0.1, 0.15) is 54.1 Å². The predicted molar refractivity (Wildman–Crippen MR) is 115 cm³/mol. The van der Waals surface area contributed by atoms with Crippen LogP contribution >= 0.6 is 0 Å². The number of Topliss-reactive ketones (excluding diaryl/α,β-unsaturated/α-hetero) is 1. The first kappa shape index (κ1) is 20.5. The number of likely N-dealkylation sites (tertiary alicyclic amines) is 1. The van der Waals surface area contributed by atoms with Crippen molar-refractivity contribution in [2.45, 2.75) is 51.6 Å². The molecule has 30 heavy (non-hydrogen) atoms. The number of hydrogen-bond acceptors (Lipinski definition) is 4. The third-order valence-electron chi connectivity index (χ3n) is 6.19. The van der Waals surface area contributed by atoms with Gasteiger partial charge in [0.25, 0.3) is 0 Å². The summed E-state index contributed by atoms with van der Waals surface area (Å²) in [7, 11) is 0.